The Morgan fingerprint density at radius 2 is 1.83 bits per heavy atom. The Balaban J connectivity index is 1.84. The normalized spacial score (nSPS) is 12.3. The van der Waals surface area contributed by atoms with Crippen LogP contribution >= 0.6 is 0 Å². The lowest BCUT2D eigenvalue weighted by Crippen LogP contribution is -2.27. The van der Waals surface area contributed by atoms with E-state index in [1.54, 1.807) is 44.2 Å². The molecular weight excluding hydrogens is 405 g/mol. The summed E-state index contributed by atoms with van der Waals surface area (Å²) in [6, 6.07) is 12.2. The molecule has 1 aromatic heterocycles. The number of amides is 1. The smallest absolute Gasteiger partial charge is 0.262 e. The van der Waals surface area contributed by atoms with E-state index < -0.39 is 27.8 Å². The molecule has 2 aromatic carbocycles. The average molecular weight is 428 g/mol. The lowest BCUT2D eigenvalue weighted by Gasteiger charge is -2.16. The van der Waals surface area contributed by atoms with Crippen LogP contribution in [0.1, 0.15) is 40.0 Å². The zero-order valence-electron chi connectivity index (χ0n) is 16.8. The van der Waals surface area contributed by atoms with Crippen LogP contribution in [0.3, 0.4) is 0 Å². The minimum atomic E-state index is -3.89. The van der Waals surface area contributed by atoms with E-state index in [0.29, 0.717) is 16.8 Å². The number of rotatable bonds is 6. The highest BCUT2D eigenvalue weighted by atomic mass is 32.2. The zero-order chi connectivity index (χ0) is 21.9. The molecule has 0 saturated carbocycles. The predicted molar refractivity (Wildman–Crippen MR) is 113 cm³/mol. The number of carbonyl (C=O) groups is 1. The summed E-state index contributed by atoms with van der Waals surface area (Å²) in [5.41, 5.74) is 2.55. The molecule has 3 rings (SSSR count). The fourth-order valence-electron chi connectivity index (χ4n) is 2.98. The molecule has 0 unspecified atom stereocenters. The van der Waals surface area contributed by atoms with Crippen LogP contribution in [0.25, 0.3) is 0 Å². The lowest BCUT2D eigenvalue weighted by atomic mass is 10.1. The summed E-state index contributed by atoms with van der Waals surface area (Å²) < 4.78 is 41.7. The molecule has 0 spiro atoms. The van der Waals surface area contributed by atoms with Crippen molar-refractivity contribution < 1.29 is 17.6 Å². The highest BCUT2D eigenvalue weighted by Gasteiger charge is 2.20. The van der Waals surface area contributed by atoms with Crippen LogP contribution in [0.4, 0.5) is 10.1 Å². The van der Waals surface area contributed by atoms with Gasteiger partial charge < -0.3 is 5.32 Å². The van der Waals surface area contributed by atoms with E-state index in [2.05, 4.69) is 15.0 Å². The number of hydrogen-bond acceptors (Lipinski definition) is 4. The van der Waals surface area contributed by atoms with Gasteiger partial charge in [0.25, 0.3) is 15.9 Å². The third kappa shape index (κ3) is 5.01. The minimum absolute atomic E-state index is 0.0109. The van der Waals surface area contributed by atoms with Gasteiger partial charge >= 0.3 is 0 Å². The SMILES string of the molecule is Cc1cccc(NS(=O)(=O)c2cc(C(=O)N[C@H](C)c3cncc(F)c3)ccc2C)c1. The maximum absolute atomic E-state index is 13.4. The number of pyridine rings is 1. The van der Waals surface area contributed by atoms with Crippen LogP contribution < -0.4 is 10.0 Å². The van der Waals surface area contributed by atoms with Gasteiger partial charge in [0.2, 0.25) is 0 Å². The Hall–Kier alpha value is -3.26. The molecule has 1 heterocycles. The molecule has 0 aliphatic rings. The quantitative estimate of drug-likeness (QED) is 0.619. The molecule has 0 saturated heterocycles. The number of benzene rings is 2. The van der Waals surface area contributed by atoms with Crippen molar-refractivity contribution in [3.05, 3.63) is 89.0 Å². The summed E-state index contributed by atoms with van der Waals surface area (Å²) in [4.78, 5) is 16.5. The van der Waals surface area contributed by atoms with Crippen LogP contribution in [0.5, 0.6) is 0 Å². The first kappa shape index (κ1) is 21.4. The summed E-state index contributed by atoms with van der Waals surface area (Å²) in [6.45, 7) is 5.22. The number of nitrogens with zero attached hydrogens (tertiary/aromatic N) is 1. The van der Waals surface area contributed by atoms with Gasteiger partial charge in [0.05, 0.1) is 17.1 Å². The Morgan fingerprint density at radius 3 is 2.53 bits per heavy atom. The van der Waals surface area contributed by atoms with Crippen LogP contribution in [-0.2, 0) is 10.0 Å². The van der Waals surface area contributed by atoms with Crippen molar-refractivity contribution in [1.29, 1.82) is 0 Å². The number of halogens is 1. The molecule has 1 atom stereocenters. The van der Waals surface area contributed by atoms with Gasteiger partial charge in [0.15, 0.2) is 0 Å². The molecular formula is C22H22FN3O3S. The zero-order valence-corrected chi connectivity index (χ0v) is 17.6. The molecule has 1 amide bonds. The highest BCUT2D eigenvalue weighted by molar-refractivity contribution is 7.92. The number of sulfonamides is 1. The molecule has 0 aliphatic carbocycles. The van der Waals surface area contributed by atoms with Gasteiger partial charge in [0, 0.05) is 17.4 Å². The molecule has 0 bridgehead atoms. The summed E-state index contributed by atoms with van der Waals surface area (Å²) >= 11 is 0. The Kier molecular flexibility index (Phi) is 6.17. The number of aryl methyl sites for hydroxylation is 2. The predicted octanol–water partition coefficient (Wildman–Crippen LogP) is 4.13. The summed E-state index contributed by atoms with van der Waals surface area (Å²) in [5, 5.41) is 2.73. The topological polar surface area (TPSA) is 88.2 Å². The first-order chi connectivity index (χ1) is 14.2. The third-order valence-electron chi connectivity index (χ3n) is 4.58. The summed E-state index contributed by atoms with van der Waals surface area (Å²) in [5.74, 6) is -0.974. The second-order valence-electron chi connectivity index (χ2n) is 7.09. The molecule has 30 heavy (non-hydrogen) atoms. The number of anilines is 1. The average Bonchev–Trinajstić information content (AvgIpc) is 2.67. The number of hydrogen-bond donors (Lipinski definition) is 2. The first-order valence-electron chi connectivity index (χ1n) is 9.27. The molecule has 3 aromatic rings. The molecule has 2 N–H and O–H groups in total. The van der Waals surface area contributed by atoms with Gasteiger partial charge in [-0.2, -0.15) is 0 Å². The Bertz CT molecular complexity index is 1200. The standard InChI is InChI=1S/C22H22FN3O3S/c1-14-5-4-6-20(9-14)26-30(28,29)21-11-17(8-7-15(21)2)22(27)25-16(3)18-10-19(23)13-24-12-18/h4-13,16,26H,1-3H3,(H,25,27)/t16-/m1/s1. The molecule has 0 aliphatic heterocycles. The molecule has 0 radical (unpaired) electrons. The monoisotopic (exact) mass is 427 g/mol. The van der Waals surface area contributed by atoms with Crippen molar-refractivity contribution in [1.82, 2.24) is 10.3 Å². The molecule has 0 fully saturated rings. The third-order valence-corrected chi connectivity index (χ3v) is 6.11. The van der Waals surface area contributed by atoms with E-state index in [1.165, 1.54) is 18.3 Å². The fraction of sp³-hybridized carbons (Fsp3) is 0.182. The van der Waals surface area contributed by atoms with E-state index >= 15 is 0 Å². The van der Waals surface area contributed by atoms with Crippen LogP contribution in [-0.4, -0.2) is 19.3 Å². The second-order valence-corrected chi connectivity index (χ2v) is 8.74. The van der Waals surface area contributed by atoms with Gasteiger partial charge in [-0.15, -0.1) is 0 Å². The molecule has 6 nitrogen and oxygen atoms in total. The maximum atomic E-state index is 13.4. The highest BCUT2D eigenvalue weighted by Crippen LogP contribution is 2.22. The molecule has 156 valence electrons. The van der Waals surface area contributed by atoms with E-state index in [0.717, 1.165) is 11.8 Å². The van der Waals surface area contributed by atoms with Crippen molar-refractivity contribution in [2.45, 2.75) is 31.7 Å². The van der Waals surface area contributed by atoms with Crippen LogP contribution in [0, 0.1) is 19.7 Å². The van der Waals surface area contributed by atoms with E-state index in [9.17, 15) is 17.6 Å². The van der Waals surface area contributed by atoms with Crippen LogP contribution in [0.15, 0.2) is 65.8 Å². The second kappa shape index (κ2) is 8.62. The number of nitrogens with one attached hydrogen (secondary N) is 2. The number of aromatic nitrogens is 1. The van der Waals surface area contributed by atoms with Crippen molar-refractivity contribution in [3.63, 3.8) is 0 Å². The van der Waals surface area contributed by atoms with E-state index in [-0.39, 0.29) is 10.5 Å². The summed E-state index contributed by atoms with van der Waals surface area (Å²) in [6.07, 6.45) is 2.54. The van der Waals surface area contributed by atoms with Crippen LogP contribution in [0.2, 0.25) is 0 Å². The Labute approximate surface area is 175 Å². The van der Waals surface area contributed by atoms with E-state index in [1.807, 2.05) is 13.0 Å². The van der Waals surface area contributed by atoms with Gasteiger partial charge in [-0.1, -0.05) is 18.2 Å². The maximum Gasteiger partial charge on any atom is 0.262 e. The first-order valence-corrected chi connectivity index (χ1v) is 10.8. The number of carbonyl (C=O) groups excluding carboxylic acids is 1. The van der Waals surface area contributed by atoms with Crippen molar-refractivity contribution >= 4 is 21.6 Å². The van der Waals surface area contributed by atoms with E-state index in [4.69, 9.17) is 0 Å². The minimum Gasteiger partial charge on any atom is -0.345 e. The van der Waals surface area contributed by atoms with Gasteiger partial charge in [-0.05, 0) is 67.8 Å². The van der Waals surface area contributed by atoms with Crippen molar-refractivity contribution in [3.8, 4) is 0 Å². The molecule has 8 heteroatoms. The Morgan fingerprint density at radius 1 is 1.07 bits per heavy atom. The summed E-state index contributed by atoms with van der Waals surface area (Å²) in [7, 11) is -3.89. The van der Waals surface area contributed by atoms with Gasteiger partial charge in [-0.3, -0.25) is 14.5 Å². The lowest BCUT2D eigenvalue weighted by molar-refractivity contribution is 0.0939. The van der Waals surface area contributed by atoms with Gasteiger partial charge in [-0.25, -0.2) is 12.8 Å². The van der Waals surface area contributed by atoms with Gasteiger partial charge in [0.1, 0.15) is 5.82 Å². The largest absolute Gasteiger partial charge is 0.345 e. The van der Waals surface area contributed by atoms with Crippen molar-refractivity contribution in [2.24, 2.45) is 0 Å². The van der Waals surface area contributed by atoms with Crippen molar-refractivity contribution in [2.75, 3.05) is 4.72 Å². The fourth-order valence-corrected chi connectivity index (χ4v) is 4.30.